The Bertz CT molecular complexity index is 488. The molecule has 4 nitrogen and oxygen atoms in total. The van der Waals surface area contributed by atoms with Gasteiger partial charge in [0, 0.05) is 6.54 Å². The van der Waals surface area contributed by atoms with E-state index < -0.39 is 0 Å². The molecule has 3 rings (SSSR count). The van der Waals surface area contributed by atoms with Crippen LogP contribution in [0.2, 0.25) is 10.0 Å². The molecule has 1 aliphatic heterocycles. The molecule has 1 aliphatic carbocycles. The maximum absolute atomic E-state index is 6.24. The number of guanidine groups is 1. The van der Waals surface area contributed by atoms with Gasteiger partial charge in [-0.1, -0.05) is 29.3 Å². The second-order valence-electron chi connectivity index (χ2n) is 4.74. The van der Waals surface area contributed by atoms with Crippen LogP contribution in [0.25, 0.3) is 0 Å². The number of halogens is 3. The van der Waals surface area contributed by atoms with Crippen LogP contribution >= 0.6 is 40.2 Å². The summed E-state index contributed by atoms with van der Waals surface area (Å²) in [5.41, 5.74) is 0.652. The number of hydrogen-bond donors (Lipinski definition) is 1. The summed E-state index contributed by atoms with van der Waals surface area (Å²) in [6, 6.07) is 5.41. The zero-order chi connectivity index (χ0) is 13.2. The molecule has 1 saturated carbocycles. The van der Waals surface area contributed by atoms with E-state index in [1.54, 1.807) is 17.2 Å². The second kappa shape index (κ2) is 6.98. The first-order valence-electron chi connectivity index (χ1n) is 6.41. The smallest absolute Gasteiger partial charge is 0.223 e. The minimum Gasteiger partial charge on any atom is -0.352 e. The fraction of sp³-hybridized carbons (Fsp3) is 0.462. The van der Waals surface area contributed by atoms with E-state index >= 15 is 0 Å². The summed E-state index contributed by atoms with van der Waals surface area (Å²) in [5.74, 6) is 1.32. The summed E-state index contributed by atoms with van der Waals surface area (Å²) in [6.45, 7) is 2.21. The highest BCUT2D eigenvalue weighted by Crippen LogP contribution is 2.35. The van der Waals surface area contributed by atoms with Crippen LogP contribution in [0.4, 0.5) is 5.69 Å². The number of rotatable bonds is 4. The van der Waals surface area contributed by atoms with Crippen molar-refractivity contribution in [2.75, 3.05) is 24.8 Å². The molecule has 110 valence electrons. The van der Waals surface area contributed by atoms with Gasteiger partial charge in [-0.3, -0.25) is 4.84 Å². The lowest BCUT2D eigenvalue weighted by atomic mass is 10.3. The second-order valence-corrected chi connectivity index (χ2v) is 5.55. The lowest BCUT2D eigenvalue weighted by Gasteiger charge is -2.25. The summed E-state index contributed by atoms with van der Waals surface area (Å²) >= 11 is 12.5. The van der Waals surface area contributed by atoms with Gasteiger partial charge >= 0.3 is 0 Å². The molecule has 0 atom stereocenters. The molecule has 1 aromatic carbocycles. The number of aliphatic imine (C=N–C) groups is 1. The number of benzene rings is 1. The average Bonchev–Trinajstić information content (AvgIpc) is 3.05. The van der Waals surface area contributed by atoms with Crippen molar-refractivity contribution in [3.8, 4) is 0 Å². The van der Waals surface area contributed by atoms with Gasteiger partial charge in [0.2, 0.25) is 5.96 Å². The normalized spacial score (nSPS) is 17.2. The molecule has 0 amide bonds. The number of para-hydroxylation sites is 1. The van der Waals surface area contributed by atoms with Gasteiger partial charge in [0.25, 0.3) is 0 Å². The van der Waals surface area contributed by atoms with Crippen molar-refractivity contribution in [3.63, 3.8) is 0 Å². The van der Waals surface area contributed by atoms with Crippen molar-refractivity contribution in [1.29, 1.82) is 0 Å². The monoisotopic (exact) mass is 379 g/mol. The Kier molecular flexibility index (Phi) is 5.55. The Labute approximate surface area is 138 Å². The lowest BCUT2D eigenvalue weighted by molar-refractivity contribution is 0.131. The fourth-order valence-electron chi connectivity index (χ4n) is 1.90. The van der Waals surface area contributed by atoms with Gasteiger partial charge in [-0.25, -0.2) is 4.99 Å². The van der Waals surface area contributed by atoms with E-state index in [9.17, 15) is 0 Å². The van der Waals surface area contributed by atoms with Crippen LogP contribution in [0, 0.1) is 5.92 Å². The van der Waals surface area contributed by atoms with Gasteiger partial charge < -0.3 is 5.32 Å². The van der Waals surface area contributed by atoms with Crippen molar-refractivity contribution in [2.24, 2.45) is 10.9 Å². The molecule has 7 heteroatoms. The lowest BCUT2D eigenvalue weighted by Crippen LogP contribution is -2.39. The Balaban J connectivity index is 0.00000147. The van der Waals surface area contributed by atoms with Crippen LogP contribution in [0.3, 0.4) is 0 Å². The van der Waals surface area contributed by atoms with E-state index in [2.05, 4.69) is 10.3 Å². The minimum absolute atomic E-state index is 0. The predicted molar refractivity (Wildman–Crippen MR) is 88.2 cm³/mol. The third kappa shape index (κ3) is 3.58. The molecule has 20 heavy (non-hydrogen) atoms. The van der Waals surface area contributed by atoms with Gasteiger partial charge in [0.1, 0.15) is 5.69 Å². The summed E-state index contributed by atoms with van der Waals surface area (Å²) in [5, 5.41) is 5.93. The van der Waals surface area contributed by atoms with Crippen LogP contribution in [0.15, 0.2) is 23.2 Å². The van der Waals surface area contributed by atoms with Gasteiger partial charge in [-0.15, -0.1) is 17.0 Å². The predicted octanol–water partition coefficient (Wildman–Crippen LogP) is 3.68. The zero-order valence-electron chi connectivity index (χ0n) is 10.8. The molecule has 0 spiro atoms. The first-order valence-corrected chi connectivity index (χ1v) is 7.16. The maximum atomic E-state index is 6.24. The molecule has 1 N–H and O–H groups in total. The van der Waals surface area contributed by atoms with Crippen LogP contribution in [-0.4, -0.2) is 25.7 Å². The molecule has 1 aromatic rings. The van der Waals surface area contributed by atoms with Crippen molar-refractivity contribution < 1.29 is 4.84 Å². The van der Waals surface area contributed by atoms with Crippen molar-refractivity contribution in [2.45, 2.75) is 12.8 Å². The summed E-state index contributed by atoms with van der Waals surface area (Å²) in [7, 11) is 0. The van der Waals surface area contributed by atoms with Gasteiger partial charge in [0.15, 0.2) is 0 Å². The molecule has 0 saturated heterocycles. The minimum atomic E-state index is 0. The molecule has 0 radical (unpaired) electrons. The highest BCUT2D eigenvalue weighted by atomic mass is 79.9. The number of hydrogen-bond acceptors (Lipinski definition) is 4. The molecular weight excluding hydrogens is 365 g/mol. The van der Waals surface area contributed by atoms with Crippen molar-refractivity contribution in [3.05, 3.63) is 28.2 Å². The van der Waals surface area contributed by atoms with Crippen molar-refractivity contribution >= 4 is 51.8 Å². The summed E-state index contributed by atoms with van der Waals surface area (Å²) < 4.78 is 0. The highest BCUT2D eigenvalue weighted by Gasteiger charge is 2.27. The third-order valence-electron chi connectivity index (χ3n) is 3.13. The Morgan fingerprint density at radius 1 is 1.30 bits per heavy atom. The Morgan fingerprint density at radius 2 is 2.00 bits per heavy atom. The first-order chi connectivity index (χ1) is 9.25. The maximum Gasteiger partial charge on any atom is 0.223 e. The van der Waals surface area contributed by atoms with E-state index in [-0.39, 0.29) is 17.0 Å². The van der Waals surface area contributed by atoms with Crippen LogP contribution < -0.4 is 10.4 Å². The SMILES string of the molecule is Br.Clc1cccc(Cl)c1N(OCC1CC1)C1=NCCN1. The number of nitrogens with zero attached hydrogens (tertiary/aromatic N) is 2. The highest BCUT2D eigenvalue weighted by molar-refractivity contribution is 8.93. The third-order valence-corrected chi connectivity index (χ3v) is 3.74. The topological polar surface area (TPSA) is 36.9 Å². The van der Waals surface area contributed by atoms with Gasteiger partial charge in [-0.2, -0.15) is 5.06 Å². The van der Waals surface area contributed by atoms with E-state index in [1.807, 2.05) is 6.07 Å². The Morgan fingerprint density at radius 3 is 2.55 bits per heavy atom. The Hall–Kier alpha value is -0.490. The van der Waals surface area contributed by atoms with Gasteiger partial charge in [0.05, 0.1) is 23.2 Å². The summed E-state index contributed by atoms with van der Waals surface area (Å²) in [6.07, 6.45) is 2.45. The molecule has 1 heterocycles. The van der Waals surface area contributed by atoms with E-state index in [4.69, 9.17) is 28.0 Å². The molecular formula is C13H16BrCl2N3O. The zero-order valence-corrected chi connectivity index (χ0v) is 14.0. The van der Waals surface area contributed by atoms with Crippen LogP contribution in [-0.2, 0) is 4.84 Å². The van der Waals surface area contributed by atoms with Crippen LogP contribution in [0.1, 0.15) is 12.8 Å². The van der Waals surface area contributed by atoms with Gasteiger partial charge in [-0.05, 0) is 30.9 Å². The van der Waals surface area contributed by atoms with E-state index in [0.717, 1.165) is 13.1 Å². The fourth-order valence-corrected chi connectivity index (χ4v) is 2.45. The molecule has 0 bridgehead atoms. The molecule has 0 aromatic heterocycles. The largest absolute Gasteiger partial charge is 0.352 e. The van der Waals surface area contributed by atoms with Crippen molar-refractivity contribution in [1.82, 2.24) is 5.32 Å². The summed E-state index contributed by atoms with van der Waals surface area (Å²) in [4.78, 5) is 10.3. The number of hydroxylamine groups is 1. The quantitative estimate of drug-likeness (QED) is 0.809. The van der Waals surface area contributed by atoms with E-state index in [1.165, 1.54) is 12.8 Å². The molecule has 1 fully saturated rings. The molecule has 0 unspecified atom stereocenters. The number of nitrogens with one attached hydrogen (secondary N) is 1. The molecule has 2 aliphatic rings. The van der Waals surface area contributed by atoms with E-state index in [0.29, 0.717) is 34.2 Å². The van der Waals surface area contributed by atoms with Crippen LogP contribution in [0.5, 0.6) is 0 Å². The average molecular weight is 381 g/mol. The first kappa shape index (κ1) is 15.9. The number of anilines is 1. The standard InChI is InChI=1S/C13H15Cl2N3O.BrH/c14-10-2-1-3-11(15)12(10)18(13-16-6-7-17-13)19-8-9-4-5-9;/h1-3,9H,4-8H2,(H,16,17);1H.